The normalized spacial score (nSPS) is 13.2. The number of nitrogens with zero attached hydrogens (tertiary/aromatic N) is 1. The Morgan fingerprint density at radius 1 is 1.28 bits per heavy atom. The lowest BCUT2D eigenvalue weighted by Crippen LogP contribution is -2.19. The van der Waals surface area contributed by atoms with Gasteiger partial charge in [0.15, 0.2) is 0 Å². The topological polar surface area (TPSA) is 76.0 Å². The first kappa shape index (κ1) is 16.6. The van der Waals surface area contributed by atoms with Gasteiger partial charge in [-0.15, -0.1) is 0 Å². The zero-order chi connectivity index (χ0) is 14.0. The molecule has 0 saturated heterocycles. The number of carbonyl (C=O) groups is 2. The van der Waals surface area contributed by atoms with Crippen molar-refractivity contribution in [2.24, 2.45) is 10.9 Å². The molecule has 1 atom stereocenters. The summed E-state index contributed by atoms with van der Waals surface area (Å²) < 4.78 is 4.78. The van der Waals surface area contributed by atoms with Gasteiger partial charge < -0.3 is 9.84 Å². The van der Waals surface area contributed by atoms with Crippen molar-refractivity contribution in [1.29, 1.82) is 0 Å². The third-order valence-corrected chi connectivity index (χ3v) is 2.67. The molecule has 5 nitrogen and oxygen atoms in total. The van der Waals surface area contributed by atoms with Crippen LogP contribution in [0.1, 0.15) is 52.9 Å². The van der Waals surface area contributed by atoms with Crippen LogP contribution >= 0.6 is 0 Å². The molecule has 0 heterocycles. The third-order valence-electron chi connectivity index (χ3n) is 2.67. The fraction of sp³-hybridized carbons (Fsp3) is 0.769. The minimum atomic E-state index is -0.866. The minimum absolute atomic E-state index is 0.0124. The van der Waals surface area contributed by atoms with Crippen molar-refractivity contribution in [1.82, 2.24) is 0 Å². The molecule has 0 rings (SSSR count). The van der Waals surface area contributed by atoms with Crippen LogP contribution in [0, 0.1) is 5.92 Å². The van der Waals surface area contributed by atoms with Crippen molar-refractivity contribution in [2.75, 3.05) is 6.61 Å². The summed E-state index contributed by atoms with van der Waals surface area (Å²) in [6.45, 7) is 5.94. The van der Waals surface area contributed by atoms with Crippen LogP contribution in [0.25, 0.3) is 0 Å². The van der Waals surface area contributed by atoms with E-state index in [1.54, 1.807) is 6.92 Å². The first-order valence-electron chi connectivity index (χ1n) is 6.51. The van der Waals surface area contributed by atoms with E-state index in [4.69, 9.17) is 9.84 Å². The summed E-state index contributed by atoms with van der Waals surface area (Å²) in [5.74, 6) is -1.05. The standard InChI is InChI=1S/C13H23NO4/c1-4-7-8-11(14-13(17)18-6-3)10(5-2)9-12(15)16/h10H,4-9H2,1-3H3,(H,15,16)/b14-11+. The van der Waals surface area contributed by atoms with Gasteiger partial charge in [0.1, 0.15) is 0 Å². The minimum Gasteiger partial charge on any atom is -0.481 e. The molecule has 104 valence electrons. The smallest absolute Gasteiger partial charge is 0.433 e. The van der Waals surface area contributed by atoms with Crippen LogP contribution in [0.5, 0.6) is 0 Å². The molecule has 18 heavy (non-hydrogen) atoms. The predicted molar refractivity (Wildman–Crippen MR) is 70.0 cm³/mol. The van der Waals surface area contributed by atoms with Crippen LogP contribution in [0.3, 0.4) is 0 Å². The summed E-state index contributed by atoms with van der Waals surface area (Å²) in [5, 5.41) is 8.86. The van der Waals surface area contributed by atoms with Crippen molar-refractivity contribution in [3.8, 4) is 0 Å². The van der Waals surface area contributed by atoms with Crippen molar-refractivity contribution in [2.45, 2.75) is 52.9 Å². The van der Waals surface area contributed by atoms with Gasteiger partial charge in [-0.05, 0) is 26.2 Å². The fourth-order valence-electron chi connectivity index (χ4n) is 1.69. The van der Waals surface area contributed by atoms with Gasteiger partial charge in [0, 0.05) is 11.6 Å². The van der Waals surface area contributed by atoms with E-state index in [9.17, 15) is 9.59 Å². The lowest BCUT2D eigenvalue weighted by Gasteiger charge is -2.15. The molecule has 0 spiro atoms. The molecule has 1 N–H and O–H groups in total. The first-order valence-corrected chi connectivity index (χ1v) is 6.51. The number of carboxylic acids is 1. The van der Waals surface area contributed by atoms with E-state index in [1.165, 1.54) is 0 Å². The molecule has 0 aromatic rings. The largest absolute Gasteiger partial charge is 0.481 e. The third kappa shape index (κ3) is 7.04. The van der Waals surface area contributed by atoms with E-state index >= 15 is 0 Å². The maximum Gasteiger partial charge on any atom is 0.433 e. The fourth-order valence-corrected chi connectivity index (χ4v) is 1.69. The molecule has 0 aliphatic carbocycles. The van der Waals surface area contributed by atoms with E-state index in [1.807, 2.05) is 13.8 Å². The molecule has 5 heteroatoms. The van der Waals surface area contributed by atoms with Gasteiger partial charge in [0.25, 0.3) is 0 Å². The summed E-state index contributed by atoms with van der Waals surface area (Å²) >= 11 is 0. The van der Waals surface area contributed by atoms with Crippen LogP contribution < -0.4 is 0 Å². The Balaban J connectivity index is 4.81. The number of aliphatic carboxylic acids is 1. The summed E-state index contributed by atoms with van der Waals surface area (Å²) in [7, 11) is 0. The number of carbonyl (C=O) groups excluding carboxylic acids is 1. The predicted octanol–water partition coefficient (Wildman–Crippen LogP) is 3.28. The Labute approximate surface area is 108 Å². The van der Waals surface area contributed by atoms with Gasteiger partial charge in [0.2, 0.25) is 0 Å². The highest BCUT2D eigenvalue weighted by Gasteiger charge is 2.18. The van der Waals surface area contributed by atoms with Crippen molar-refractivity contribution >= 4 is 17.8 Å². The highest BCUT2D eigenvalue weighted by atomic mass is 16.5. The Hall–Kier alpha value is -1.39. The zero-order valence-electron chi connectivity index (χ0n) is 11.4. The Bertz CT molecular complexity index is 299. The summed E-state index contributed by atoms with van der Waals surface area (Å²) in [4.78, 5) is 26.1. The van der Waals surface area contributed by atoms with E-state index in [-0.39, 0.29) is 18.9 Å². The average molecular weight is 257 g/mol. The SMILES string of the molecule is CCCC/C(=N\C(=O)OCC)C(CC)CC(=O)O. The van der Waals surface area contributed by atoms with Gasteiger partial charge in [0.05, 0.1) is 13.0 Å². The van der Waals surface area contributed by atoms with Crippen molar-refractivity contribution < 1.29 is 19.4 Å². The number of aliphatic imine (C=N–C) groups is 1. The van der Waals surface area contributed by atoms with Gasteiger partial charge in [-0.3, -0.25) is 4.79 Å². The van der Waals surface area contributed by atoms with Gasteiger partial charge in [-0.1, -0.05) is 20.3 Å². The summed E-state index contributed by atoms with van der Waals surface area (Å²) in [6, 6.07) is 0. The quantitative estimate of drug-likeness (QED) is 0.677. The molecule has 0 aromatic carbocycles. The first-order chi connectivity index (χ1) is 8.54. The molecular formula is C13H23NO4. The second kappa shape index (κ2) is 9.62. The second-order valence-corrected chi connectivity index (χ2v) is 4.11. The van der Waals surface area contributed by atoms with E-state index < -0.39 is 12.1 Å². The number of unbranched alkanes of at least 4 members (excludes halogenated alkanes) is 1. The van der Waals surface area contributed by atoms with Crippen LogP contribution in [-0.4, -0.2) is 29.5 Å². The van der Waals surface area contributed by atoms with E-state index in [2.05, 4.69) is 4.99 Å². The number of hydrogen-bond donors (Lipinski definition) is 1. The molecule has 0 aliphatic heterocycles. The van der Waals surface area contributed by atoms with Crippen LogP contribution in [0.4, 0.5) is 4.79 Å². The number of rotatable bonds is 8. The average Bonchev–Trinajstić information content (AvgIpc) is 2.31. The Morgan fingerprint density at radius 2 is 1.94 bits per heavy atom. The molecule has 0 fully saturated rings. The van der Waals surface area contributed by atoms with Gasteiger partial charge >= 0.3 is 12.1 Å². The highest BCUT2D eigenvalue weighted by Crippen LogP contribution is 2.16. The monoisotopic (exact) mass is 257 g/mol. The summed E-state index contributed by atoms with van der Waals surface area (Å²) in [6.07, 6.45) is 2.58. The van der Waals surface area contributed by atoms with Crippen LogP contribution in [-0.2, 0) is 9.53 Å². The molecule has 0 aliphatic rings. The molecule has 0 radical (unpaired) electrons. The van der Waals surface area contributed by atoms with Crippen LogP contribution in [0.2, 0.25) is 0 Å². The highest BCUT2D eigenvalue weighted by molar-refractivity contribution is 5.96. The molecule has 0 aromatic heterocycles. The molecule has 1 amide bonds. The Morgan fingerprint density at radius 3 is 2.39 bits per heavy atom. The van der Waals surface area contributed by atoms with Crippen molar-refractivity contribution in [3.05, 3.63) is 0 Å². The maximum atomic E-state index is 11.4. The number of ether oxygens (including phenoxy) is 1. The van der Waals surface area contributed by atoms with E-state index in [0.717, 1.165) is 12.8 Å². The lowest BCUT2D eigenvalue weighted by molar-refractivity contribution is -0.137. The second-order valence-electron chi connectivity index (χ2n) is 4.11. The number of amides is 1. The molecule has 1 unspecified atom stereocenters. The van der Waals surface area contributed by atoms with Crippen LogP contribution in [0.15, 0.2) is 4.99 Å². The van der Waals surface area contributed by atoms with Gasteiger partial charge in [-0.25, -0.2) is 4.79 Å². The van der Waals surface area contributed by atoms with Crippen molar-refractivity contribution in [3.63, 3.8) is 0 Å². The Kier molecular flexibility index (Phi) is 8.88. The maximum absolute atomic E-state index is 11.4. The number of hydrogen-bond acceptors (Lipinski definition) is 3. The number of carboxylic acid groups (broad SMARTS) is 1. The zero-order valence-corrected chi connectivity index (χ0v) is 11.4. The lowest BCUT2D eigenvalue weighted by atomic mass is 9.93. The van der Waals surface area contributed by atoms with E-state index in [0.29, 0.717) is 18.6 Å². The molecule has 0 saturated carbocycles. The molecule has 0 bridgehead atoms. The molecular weight excluding hydrogens is 234 g/mol. The summed E-state index contributed by atoms with van der Waals surface area (Å²) in [5.41, 5.74) is 0.653. The van der Waals surface area contributed by atoms with Gasteiger partial charge in [-0.2, -0.15) is 4.99 Å².